The predicted octanol–water partition coefficient (Wildman–Crippen LogP) is 2.41. The first-order valence-corrected chi connectivity index (χ1v) is 7.62. The number of hydrogen-bond donors (Lipinski definition) is 1. The van der Waals surface area contributed by atoms with Gasteiger partial charge in [0.05, 0.1) is 11.6 Å². The van der Waals surface area contributed by atoms with Gasteiger partial charge in [-0.25, -0.2) is 0 Å². The van der Waals surface area contributed by atoms with E-state index in [-0.39, 0.29) is 0 Å². The van der Waals surface area contributed by atoms with Gasteiger partial charge in [0.2, 0.25) is 0 Å². The molecule has 17 heavy (non-hydrogen) atoms. The van der Waals surface area contributed by atoms with Gasteiger partial charge in [0.1, 0.15) is 0 Å². The summed E-state index contributed by atoms with van der Waals surface area (Å²) in [5.74, 6) is 0.624. The van der Waals surface area contributed by atoms with Crippen LogP contribution in [0.5, 0.6) is 0 Å². The van der Waals surface area contributed by atoms with Gasteiger partial charge in [0.15, 0.2) is 0 Å². The van der Waals surface area contributed by atoms with E-state index in [1.54, 1.807) is 11.3 Å². The van der Waals surface area contributed by atoms with Gasteiger partial charge in [-0.15, -0.1) is 11.3 Å². The Morgan fingerprint density at radius 2 is 2.24 bits per heavy atom. The van der Waals surface area contributed by atoms with Crippen molar-refractivity contribution >= 4 is 11.3 Å². The van der Waals surface area contributed by atoms with Crippen molar-refractivity contribution in [2.45, 2.75) is 44.2 Å². The van der Waals surface area contributed by atoms with Crippen LogP contribution in [-0.2, 0) is 0 Å². The first kappa shape index (κ1) is 11.6. The van der Waals surface area contributed by atoms with E-state index in [1.165, 1.54) is 43.5 Å². The van der Waals surface area contributed by atoms with Gasteiger partial charge < -0.3 is 5.73 Å². The quantitative estimate of drug-likeness (QED) is 0.897. The standard InChI is InChI=1S/C13H21N3S/c14-7-10-3-1-2-6-16(11-4-5-11)13(10)12-8-15-9-17-12/h8-11,13H,1-7,14H2. The van der Waals surface area contributed by atoms with Crippen molar-refractivity contribution in [3.63, 3.8) is 0 Å². The van der Waals surface area contributed by atoms with Crippen LogP contribution in [0.1, 0.15) is 43.0 Å². The molecule has 3 nitrogen and oxygen atoms in total. The summed E-state index contributed by atoms with van der Waals surface area (Å²) in [6.45, 7) is 2.07. The average Bonchev–Trinajstić information content (AvgIpc) is 3.09. The molecular formula is C13H21N3S. The van der Waals surface area contributed by atoms with Crippen LogP contribution >= 0.6 is 11.3 Å². The fraction of sp³-hybridized carbons (Fsp3) is 0.769. The van der Waals surface area contributed by atoms with E-state index in [2.05, 4.69) is 16.1 Å². The van der Waals surface area contributed by atoms with Gasteiger partial charge >= 0.3 is 0 Å². The molecule has 0 aromatic carbocycles. The topological polar surface area (TPSA) is 42.1 Å². The summed E-state index contributed by atoms with van der Waals surface area (Å²) in [6.07, 6.45) is 8.77. The van der Waals surface area contributed by atoms with Crippen LogP contribution in [0.25, 0.3) is 0 Å². The van der Waals surface area contributed by atoms with Crippen molar-refractivity contribution in [2.24, 2.45) is 11.7 Å². The third-order valence-electron chi connectivity index (χ3n) is 4.11. The van der Waals surface area contributed by atoms with Crippen molar-refractivity contribution in [3.05, 3.63) is 16.6 Å². The zero-order valence-electron chi connectivity index (χ0n) is 10.2. The lowest BCUT2D eigenvalue weighted by Gasteiger charge is -2.33. The second-order valence-electron chi connectivity index (χ2n) is 5.31. The van der Waals surface area contributed by atoms with Crippen LogP contribution in [0.15, 0.2) is 11.7 Å². The second kappa shape index (κ2) is 5.04. The van der Waals surface area contributed by atoms with Crippen LogP contribution in [0.3, 0.4) is 0 Å². The molecule has 1 aromatic heterocycles. The van der Waals surface area contributed by atoms with Crippen LogP contribution in [0.4, 0.5) is 0 Å². The van der Waals surface area contributed by atoms with E-state index in [4.69, 9.17) is 5.73 Å². The molecule has 1 aliphatic heterocycles. The highest BCUT2D eigenvalue weighted by Crippen LogP contribution is 2.42. The molecule has 3 rings (SSSR count). The summed E-state index contributed by atoms with van der Waals surface area (Å²) in [5, 5.41) is 0. The Kier molecular flexibility index (Phi) is 3.45. The molecule has 0 bridgehead atoms. The second-order valence-corrected chi connectivity index (χ2v) is 6.23. The number of likely N-dealkylation sites (tertiary alicyclic amines) is 1. The molecule has 1 saturated carbocycles. The fourth-order valence-corrected chi connectivity index (χ4v) is 3.93. The number of rotatable bonds is 3. The number of nitrogens with zero attached hydrogens (tertiary/aromatic N) is 2. The minimum atomic E-state index is 0.544. The van der Waals surface area contributed by atoms with Crippen LogP contribution in [-0.4, -0.2) is 29.0 Å². The Morgan fingerprint density at radius 3 is 2.88 bits per heavy atom. The Hall–Kier alpha value is -0.450. The monoisotopic (exact) mass is 251 g/mol. The van der Waals surface area contributed by atoms with E-state index in [9.17, 15) is 0 Å². The molecule has 1 aliphatic carbocycles. The van der Waals surface area contributed by atoms with Gasteiger partial charge in [-0.1, -0.05) is 6.42 Å². The summed E-state index contributed by atoms with van der Waals surface area (Å²) in [7, 11) is 0. The predicted molar refractivity (Wildman–Crippen MR) is 71.0 cm³/mol. The Morgan fingerprint density at radius 1 is 1.35 bits per heavy atom. The molecule has 2 fully saturated rings. The molecule has 2 heterocycles. The van der Waals surface area contributed by atoms with Gasteiger partial charge in [-0.05, 0) is 44.7 Å². The first-order valence-electron chi connectivity index (χ1n) is 6.74. The molecule has 0 radical (unpaired) electrons. The number of thiazole rings is 1. The highest BCUT2D eigenvalue weighted by Gasteiger charge is 2.39. The van der Waals surface area contributed by atoms with Crippen molar-refractivity contribution < 1.29 is 0 Å². The van der Waals surface area contributed by atoms with E-state index in [0.29, 0.717) is 12.0 Å². The fourth-order valence-electron chi connectivity index (χ4n) is 3.10. The Bertz CT molecular complexity index is 348. The van der Waals surface area contributed by atoms with Gasteiger partial charge in [0, 0.05) is 17.1 Å². The van der Waals surface area contributed by atoms with Crippen molar-refractivity contribution in [1.82, 2.24) is 9.88 Å². The summed E-state index contributed by atoms with van der Waals surface area (Å²) in [6, 6.07) is 1.37. The van der Waals surface area contributed by atoms with Crippen molar-refractivity contribution in [1.29, 1.82) is 0 Å². The van der Waals surface area contributed by atoms with Crippen LogP contribution < -0.4 is 5.73 Å². The third-order valence-corrected chi connectivity index (χ3v) is 4.95. The molecule has 2 aliphatic rings. The lowest BCUT2D eigenvalue weighted by atomic mass is 9.94. The smallest absolute Gasteiger partial charge is 0.0794 e. The maximum Gasteiger partial charge on any atom is 0.0794 e. The van der Waals surface area contributed by atoms with Crippen molar-refractivity contribution in [3.8, 4) is 0 Å². The molecule has 2 unspecified atom stereocenters. The lowest BCUT2D eigenvalue weighted by Crippen LogP contribution is -2.36. The Labute approximate surface area is 107 Å². The van der Waals surface area contributed by atoms with E-state index < -0.39 is 0 Å². The largest absolute Gasteiger partial charge is 0.330 e. The minimum absolute atomic E-state index is 0.544. The van der Waals surface area contributed by atoms with Crippen LogP contribution in [0, 0.1) is 5.92 Å². The summed E-state index contributed by atoms with van der Waals surface area (Å²) in [5.41, 5.74) is 7.97. The normalized spacial score (nSPS) is 31.4. The summed E-state index contributed by atoms with van der Waals surface area (Å²) in [4.78, 5) is 8.41. The maximum atomic E-state index is 6.01. The SMILES string of the molecule is NCC1CCCCN(C2CC2)C1c1cncs1. The molecule has 1 saturated heterocycles. The number of aromatic nitrogens is 1. The summed E-state index contributed by atoms with van der Waals surface area (Å²) < 4.78 is 0. The lowest BCUT2D eigenvalue weighted by molar-refractivity contribution is 0.152. The van der Waals surface area contributed by atoms with Gasteiger partial charge in [-0.2, -0.15) is 0 Å². The maximum absolute atomic E-state index is 6.01. The zero-order valence-corrected chi connectivity index (χ0v) is 11.0. The zero-order chi connectivity index (χ0) is 11.7. The Balaban J connectivity index is 1.88. The number of hydrogen-bond acceptors (Lipinski definition) is 4. The highest BCUT2D eigenvalue weighted by atomic mass is 32.1. The molecule has 1 aromatic rings. The molecule has 94 valence electrons. The molecule has 2 N–H and O–H groups in total. The van der Waals surface area contributed by atoms with E-state index in [0.717, 1.165) is 12.6 Å². The van der Waals surface area contributed by atoms with Gasteiger partial charge in [-0.3, -0.25) is 9.88 Å². The molecular weight excluding hydrogens is 230 g/mol. The van der Waals surface area contributed by atoms with E-state index in [1.807, 2.05) is 5.51 Å². The average molecular weight is 251 g/mol. The molecule has 0 amide bonds. The number of nitrogens with two attached hydrogens (primary N) is 1. The first-order chi connectivity index (χ1) is 8.40. The third kappa shape index (κ3) is 2.39. The highest BCUT2D eigenvalue weighted by molar-refractivity contribution is 7.09. The van der Waals surface area contributed by atoms with Crippen molar-refractivity contribution in [2.75, 3.05) is 13.1 Å². The van der Waals surface area contributed by atoms with Crippen LogP contribution in [0.2, 0.25) is 0 Å². The molecule has 0 spiro atoms. The summed E-state index contributed by atoms with van der Waals surface area (Å²) >= 11 is 1.80. The van der Waals surface area contributed by atoms with E-state index >= 15 is 0 Å². The molecule has 2 atom stereocenters. The minimum Gasteiger partial charge on any atom is -0.330 e. The van der Waals surface area contributed by atoms with Gasteiger partial charge in [0.25, 0.3) is 0 Å². The molecule has 4 heteroatoms.